The summed E-state index contributed by atoms with van der Waals surface area (Å²) in [6.07, 6.45) is 4.97. The highest BCUT2D eigenvalue weighted by atomic mass is 16.2. The Bertz CT molecular complexity index is 269. The number of rotatable bonds is 3. The number of hydrogen-bond donors (Lipinski definition) is 2. The van der Waals surface area contributed by atoms with Gasteiger partial charge < -0.3 is 15.5 Å². The number of carbonyl (C=O) groups excluding carboxylic acids is 1. The van der Waals surface area contributed by atoms with Gasteiger partial charge in [0.15, 0.2) is 0 Å². The number of piperazine rings is 1. The van der Waals surface area contributed by atoms with Crippen LogP contribution in [0, 0.1) is 0 Å². The van der Waals surface area contributed by atoms with Crippen LogP contribution >= 0.6 is 0 Å². The molecule has 0 unspecified atom stereocenters. The molecule has 2 N–H and O–H groups in total. The first-order valence-electron chi connectivity index (χ1n) is 6.23. The third-order valence-electron chi connectivity index (χ3n) is 3.29. The molecule has 90 valence electrons. The van der Waals surface area contributed by atoms with Crippen molar-refractivity contribution in [2.45, 2.75) is 19.3 Å². The van der Waals surface area contributed by atoms with E-state index in [1.807, 2.05) is 4.90 Å². The summed E-state index contributed by atoms with van der Waals surface area (Å²) in [5.74, 6) is 0.320. The number of carbonyl (C=O) groups is 1. The molecule has 4 heteroatoms. The van der Waals surface area contributed by atoms with Crippen LogP contribution in [0.5, 0.6) is 0 Å². The Morgan fingerprint density at radius 3 is 2.75 bits per heavy atom. The van der Waals surface area contributed by atoms with Crippen molar-refractivity contribution in [3.63, 3.8) is 0 Å². The van der Waals surface area contributed by atoms with Crippen LogP contribution in [0.1, 0.15) is 19.3 Å². The largest absolute Gasteiger partial charge is 0.340 e. The summed E-state index contributed by atoms with van der Waals surface area (Å²) in [7, 11) is 0. The highest BCUT2D eigenvalue weighted by molar-refractivity contribution is 5.76. The molecule has 0 aromatic carbocycles. The monoisotopic (exact) mass is 223 g/mol. The fraction of sp³-hybridized carbons (Fsp3) is 0.750. The minimum Gasteiger partial charge on any atom is -0.340 e. The Labute approximate surface area is 97.1 Å². The maximum absolute atomic E-state index is 11.9. The number of hydrogen-bond acceptors (Lipinski definition) is 3. The molecule has 0 atom stereocenters. The van der Waals surface area contributed by atoms with Crippen molar-refractivity contribution in [3.8, 4) is 0 Å². The average molecular weight is 223 g/mol. The molecule has 1 saturated heterocycles. The van der Waals surface area contributed by atoms with Gasteiger partial charge in [0.2, 0.25) is 5.91 Å². The molecule has 2 aliphatic heterocycles. The van der Waals surface area contributed by atoms with Gasteiger partial charge in [-0.25, -0.2) is 0 Å². The Kier molecular flexibility index (Phi) is 4.36. The number of nitrogens with one attached hydrogen (secondary N) is 2. The van der Waals surface area contributed by atoms with Gasteiger partial charge in [-0.05, 0) is 19.4 Å². The van der Waals surface area contributed by atoms with Gasteiger partial charge in [-0.3, -0.25) is 4.79 Å². The highest BCUT2D eigenvalue weighted by Crippen LogP contribution is 2.13. The van der Waals surface area contributed by atoms with Gasteiger partial charge in [0, 0.05) is 39.1 Å². The molecule has 2 aliphatic rings. The van der Waals surface area contributed by atoms with Gasteiger partial charge in [0.25, 0.3) is 0 Å². The van der Waals surface area contributed by atoms with E-state index < -0.39 is 0 Å². The zero-order valence-corrected chi connectivity index (χ0v) is 9.80. The molecule has 4 nitrogen and oxygen atoms in total. The fourth-order valence-electron chi connectivity index (χ4n) is 2.24. The summed E-state index contributed by atoms with van der Waals surface area (Å²) in [6.45, 7) is 5.67. The van der Waals surface area contributed by atoms with Gasteiger partial charge >= 0.3 is 0 Å². The van der Waals surface area contributed by atoms with Crippen molar-refractivity contribution in [1.29, 1.82) is 0 Å². The molecule has 0 aromatic heterocycles. The zero-order valence-electron chi connectivity index (χ0n) is 9.80. The highest BCUT2D eigenvalue weighted by Gasteiger charge is 2.16. The summed E-state index contributed by atoms with van der Waals surface area (Å²) in [6, 6.07) is 0. The van der Waals surface area contributed by atoms with Crippen molar-refractivity contribution < 1.29 is 4.79 Å². The van der Waals surface area contributed by atoms with E-state index in [4.69, 9.17) is 0 Å². The van der Waals surface area contributed by atoms with Crippen LogP contribution in [0.4, 0.5) is 0 Å². The van der Waals surface area contributed by atoms with E-state index in [1.54, 1.807) is 0 Å². The molecule has 0 aliphatic carbocycles. The molecule has 2 rings (SSSR count). The van der Waals surface area contributed by atoms with Crippen molar-refractivity contribution in [3.05, 3.63) is 11.6 Å². The van der Waals surface area contributed by atoms with E-state index in [0.29, 0.717) is 12.3 Å². The average Bonchev–Trinajstić information content (AvgIpc) is 2.38. The van der Waals surface area contributed by atoms with Gasteiger partial charge in [0.05, 0.1) is 0 Å². The van der Waals surface area contributed by atoms with Crippen molar-refractivity contribution in [2.75, 3.05) is 39.3 Å². The van der Waals surface area contributed by atoms with Crippen LogP contribution in [0.15, 0.2) is 11.6 Å². The third kappa shape index (κ3) is 3.32. The van der Waals surface area contributed by atoms with Crippen LogP contribution < -0.4 is 10.6 Å². The van der Waals surface area contributed by atoms with Gasteiger partial charge in [0.1, 0.15) is 0 Å². The summed E-state index contributed by atoms with van der Waals surface area (Å²) >= 11 is 0. The van der Waals surface area contributed by atoms with Crippen molar-refractivity contribution in [2.24, 2.45) is 0 Å². The van der Waals surface area contributed by atoms with E-state index in [9.17, 15) is 4.79 Å². The smallest absolute Gasteiger partial charge is 0.222 e. The third-order valence-corrected chi connectivity index (χ3v) is 3.29. The minimum atomic E-state index is 0.320. The van der Waals surface area contributed by atoms with Crippen LogP contribution in [0.2, 0.25) is 0 Å². The molecule has 1 fully saturated rings. The first-order valence-corrected chi connectivity index (χ1v) is 6.23. The Balaban J connectivity index is 1.72. The van der Waals surface area contributed by atoms with E-state index in [2.05, 4.69) is 16.7 Å². The molecular formula is C12H21N3O. The zero-order chi connectivity index (χ0) is 11.2. The SMILES string of the molecule is O=C(CCC1=CCNCC1)N1CCNCC1. The molecule has 2 heterocycles. The fourth-order valence-corrected chi connectivity index (χ4v) is 2.24. The van der Waals surface area contributed by atoms with Crippen molar-refractivity contribution in [1.82, 2.24) is 15.5 Å². The first-order chi connectivity index (χ1) is 7.86. The predicted octanol–water partition coefficient (Wildman–Crippen LogP) is 0.118. The van der Waals surface area contributed by atoms with Crippen LogP contribution in [0.3, 0.4) is 0 Å². The standard InChI is InChI=1S/C12H21N3O/c16-12(15-9-7-14-8-10-15)2-1-11-3-5-13-6-4-11/h3,13-14H,1-2,4-10H2. The van der Waals surface area contributed by atoms with E-state index in [1.165, 1.54) is 5.57 Å². The second kappa shape index (κ2) is 6.01. The quantitative estimate of drug-likeness (QED) is 0.668. The molecule has 0 saturated carbocycles. The van der Waals surface area contributed by atoms with Gasteiger partial charge in [-0.2, -0.15) is 0 Å². The maximum Gasteiger partial charge on any atom is 0.222 e. The Morgan fingerprint density at radius 2 is 2.06 bits per heavy atom. The lowest BCUT2D eigenvalue weighted by molar-refractivity contribution is -0.131. The molecule has 1 amide bonds. The molecule has 0 spiro atoms. The second-order valence-corrected chi connectivity index (χ2v) is 4.45. The van der Waals surface area contributed by atoms with E-state index in [0.717, 1.165) is 52.1 Å². The number of nitrogens with zero attached hydrogens (tertiary/aromatic N) is 1. The lowest BCUT2D eigenvalue weighted by atomic mass is 10.0. The summed E-state index contributed by atoms with van der Waals surface area (Å²) in [4.78, 5) is 13.9. The van der Waals surface area contributed by atoms with Crippen LogP contribution in [-0.4, -0.2) is 50.1 Å². The number of amides is 1. The molecular weight excluding hydrogens is 202 g/mol. The topological polar surface area (TPSA) is 44.4 Å². The summed E-state index contributed by atoms with van der Waals surface area (Å²) in [5, 5.41) is 6.55. The molecule has 16 heavy (non-hydrogen) atoms. The van der Waals surface area contributed by atoms with Gasteiger partial charge in [-0.15, -0.1) is 0 Å². The first kappa shape index (κ1) is 11.6. The molecule has 0 bridgehead atoms. The maximum atomic E-state index is 11.9. The van der Waals surface area contributed by atoms with E-state index in [-0.39, 0.29) is 0 Å². The van der Waals surface area contributed by atoms with Crippen LogP contribution in [0.25, 0.3) is 0 Å². The normalized spacial score (nSPS) is 21.8. The van der Waals surface area contributed by atoms with E-state index >= 15 is 0 Å². The molecule has 0 aromatic rings. The summed E-state index contributed by atoms with van der Waals surface area (Å²) in [5.41, 5.74) is 1.45. The lowest BCUT2D eigenvalue weighted by Gasteiger charge is -2.27. The van der Waals surface area contributed by atoms with Gasteiger partial charge in [-0.1, -0.05) is 11.6 Å². The van der Waals surface area contributed by atoms with Crippen LogP contribution in [-0.2, 0) is 4.79 Å². The minimum absolute atomic E-state index is 0.320. The second-order valence-electron chi connectivity index (χ2n) is 4.45. The van der Waals surface area contributed by atoms with Crippen molar-refractivity contribution >= 4 is 5.91 Å². The Morgan fingerprint density at radius 1 is 1.25 bits per heavy atom. The summed E-state index contributed by atoms with van der Waals surface area (Å²) < 4.78 is 0. The Hall–Kier alpha value is -0.870. The molecule has 0 radical (unpaired) electrons. The lowest BCUT2D eigenvalue weighted by Crippen LogP contribution is -2.46. The predicted molar refractivity (Wildman–Crippen MR) is 64.3 cm³/mol.